The Kier molecular flexibility index (Phi) is 8.71. The summed E-state index contributed by atoms with van der Waals surface area (Å²) in [7, 11) is 1.56. The van der Waals surface area contributed by atoms with Gasteiger partial charge in [-0.3, -0.25) is 9.36 Å². The van der Waals surface area contributed by atoms with Gasteiger partial charge >= 0.3 is 5.97 Å². The zero-order chi connectivity index (χ0) is 28.1. The molecular weight excluding hydrogens is 516 g/mol. The monoisotopic (exact) mass is 548 g/mol. The van der Waals surface area contributed by atoms with E-state index in [0.717, 1.165) is 5.56 Å². The fourth-order valence-corrected chi connectivity index (χ4v) is 5.39. The summed E-state index contributed by atoms with van der Waals surface area (Å²) in [5, 5.41) is 0. The first-order valence-electron chi connectivity index (χ1n) is 12.7. The first-order valence-corrected chi connectivity index (χ1v) is 13.5. The van der Waals surface area contributed by atoms with Crippen molar-refractivity contribution in [2.45, 2.75) is 39.8 Å². The molecule has 0 amide bonds. The molecule has 8 nitrogen and oxygen atoms in total. The fourth-order valence-electron chi connectivity index (χ4n) is 4.35. The Hall–Kier alpha value is -4.11. The number of para-hydroxylation sites is 1. The van der Waals surface area contributed by atoms with Crippen LogP contribution in [-0.2, 0) is 9.53 Å². The van der Waals surface area contributed by atoms with Gasteiger partial charge in [-0.1, -0.05) is 48.3 Å². The molecule has 1 aliphatic heterocycles. The number of rotatable bonds is 10. The summed E-state index contributed by atoms with van der Waals surface area (Å²) in [6.45, 7) is 11.6. The first kappa shape index (κ1) is 27.9. The van der Waals surface area contributed by atoms with E-state index in [0.29, 0.717) is 50.0 Å². The number of benzene rings is 2. The number of aromatic nitrogens is 1. The van der Waals surface area contributed by atoms with Gasteiger partial charge in [0.15, 0.2) is 16.3 Å². The van der Waals surface area contributed by atoms with Crippen molar-refractivity contribution in [1.29, 1.82) is 0 Å². The number of hydrogen-bond acceptors (Lipinski definition) is 8. The molecule has 3 aromatic rings. The van der Waals surface area contributed by atoms with E-state index in [4.69, 9.17) is 18.9 Å². The number of hydrogen-bond donors (Lipinski definition) is 0. The van der Waals surface area contributed by atoms with Crippen molar-refractivity contribution in [3.63, 3.8) is 0 Å². The number of fused-ring (bicyclic) bond motifs is 1. The molecule has 0 bridgehead atoms. The van der Waals surface area contributed by atoms with E-state index in [1.165, 1.54) is 11.3 Å². The lowest BCUT2D eigenvalue weighted by atomic mass is 9.95. The molecule has 0 fully saturated rings. The van der Waals surface area contributed by atoms with Crippen LogP contribution in [0, 0.1) is 0 Å². The summed E-state index contributed by atoms with van der Waals surface area (Å²) < 4.78 is 24.6. The molecule has 1 aromatic heterocycles. The summed E-state index contributed by atoms with van der Waals surface area (Å²) in [4.78, 5) is 32.3. The number of ether oxygens (including phenoxy) is 4. The van der Waals surface area contributed by atoms with Crippen molar-refractivity contribution in [3.05, 3.63) is 97.2 Å². The van der Waals surface area contributed by atoms with Crippen LogP contribution in [0.25, 0.3) is 6.08 Å². The third kappa shape index (κ3) is 5.83. The maximum absolute atomic E-state index is 13.9. The molecule has 1 aliphatic rings. The molecule has 39 heavy (non-hydrogen) atoms. The van der Waals surface area contributed by atoms with Crippen LogP contribution in [0.5, 0.6) is 17.2 Å². The van der Waals surface area contributed by atoms with E-state index in [1.54, 1.807) is 49.8 Å². The van der Waals surface area contributed by atoms with Gasteiger partial charge in [0, 0.05) is 5.56 Å². The maximum atomic E-state index is 13.9. The molecule has 0 radical (unpaired) electrons. The Balaban J connectivity index is 1.91. The van der Waals surface area contributed by atoms with Crippen molar-refractivity contribution in [3.8, 4) is 17.2 Å². The minimum absolute atomic E-state index is 0.105. The van der Waals surface area contributed by atoms with Crippen LogP contribution >= 0.6 is 11.3 Å². The van der Waals surface area contributed by atoms with Crippen LogP contribution in [0.2, 0.25) is 0 Å². The van der Waals surface area contributed by atoms with Gasteiger partial charge in [0.05, 0.1) is 35.6 Å². The Labute approximate surface area is 231 Å². The second-order valence-corrected chi connectivity index (χ2v) is 10.0. The number of carbonyl (C=O) groups excluding carboxylic acids is 1. The third-order valence-electron chi connectivity index (χ3n) is 5.94. The van der Waals surface area contributed by atoms with Gasteiger partial charge in [-0.25, -0.2) is 9.79 Å². The zero-order valence-corrected chi connectivity index (χ0v) is 23.5. The molecule has 0 saturated heterocycles. The largest absolute Gasteiger partial charge is 0.493 e. The predicted molar refractivity (Wildman–Crippen MR) is 151 cm³/mol. The number of carbonyl (C=O) groups is 1. The van der Waals surface area contributed by atoms with Crippen LogP contribution in [0.15, 0.2) is 76.2 Å². The van der Waals surface area contributed by atoms with Crippen LogP contribution < -0.4 is 29.1 Å². The number of esters is 1. The summed E-state index contributed by atoms with van der Waals surface area (Å²) in [6.07, 6.45) is 3.33. The molecule has 204 valence electrons. The highest BCUT2D eigenvalue weighted by molar-refractivity contribution is 7.07. The minimum Gasteiger partial charge on any atom is -0.493 e. The predicted octanol–water partition coefficient (Wildman–Crippen LogP) is 4.16. The molecule has 0 saturated carbocycles. The molecule has 0 unspecified atom stereocenters. The van der Waals surface area contributed by atoms with E-state index >= 15 is 0 Å². The van der Waals surface area contributed by atoms with Crippen LogP contribution in [0.4, 0.5) is 0 Å². The van der Waals surface area contributed by atoms with Crippen molar-refractivity contribution in [2.75, 3.05) is 20.3 Å². The molecule has 0 aliphatic carbocycles. The highest BCUT2D eigenvalue weighted by Gasteiger charge is 2.35. The lowest BCUT2D eigenvalue weighted by molar-refractivity contribution is -0.139. The topological polar surface area (TPSA) is 88.4 Å². The van der Waals surface area contributed by atoms with E-state index in [2.05, 4.69) is 11.6 Å². The molecule has 1 atom stereocenters. The highest BCUT2D eigenvalue weighted by atomic mass is 32.1. The number of methoxy groups -OCH3 is 1. The summed E-state index contributed by atoms with van der Waals surface area (Å²) >= 11 is 1.25. The van der Waals surface area contributed by atoms with Gasteiger partial charge in [0.1, 0.15) is 18.4 Å². The number of thiazole rings is 1. The zero-order valence-electron chi connectivity index (χ0n) is 22.7. The van der Waals surface area contributed by atoms with Gasteiger partial charge < -0.3 is 18.9 Å². The van der Waals surface area contributed by atoms with Crippen molar-refractivity contribution < 1.29 is 23.7 Å². The van der Waals surface area contributed by atoms with E-state index < -0.39 is 12.0 Å². The summed E-state index contributed by atoms with van der Waals surface area (Å²) in [5.74, 6) is 1.18. The number of nitrogens with zero attached hydrogens (tertiary/aromatic N) is 2. The summed E-state index contributed by atoms with van der Waals surface area (Å²) in [5.41, 5.74) is 1.96. The lowest BCUT2D eigenvalue weighted by Crippen LogP contribution is -2.40. The van der Waals surface area contributed by atoms with Crippen molar-refractivity contribution in [2.24, 2.45) is 4.99 Å². The average molecular weight is 549 g/mol. The molecule has 0 spiro atoms. The summed E-state index contributed by atoms with van der Waals surface area (Å²) in [6, 6.07) is 12.1. The number of allylic oxidation sites excluding steroid dienone is 1. The van der Waals surface area contributed by atoms with Crippen LogP contribution in [0.1, 0.15) is 44.9 Å². The van der Waals surface area contributed by atoms with Crippen molar-refractivity contribution >= 4 is 23.4 Å². The molecular formula is C30H32N2O6S. The molecule has 2 aromatic carbocycles. The smallest absolute Gasteiger partial charge is 0.338 e. The quantitative estimate of drug-likeness (QED) is 0.279. The second-order valence-electron chi connectivity index (χ2n) is 9.02. The normalized spacial score (nSPS) is 15.0. The Morgan fingerprint density at radius 2 is 1.95 bits per heavy atom. The maximum Gasteiger partial charge on any atom is 0.338 e. The molecule has 9 heteroatoms. The molecule has 2 heterocycles. The third-order valence-corrected chi connectivity index (χ3v) is 6.92. The standard InChI is InChI=1S/C30H32N2O6S/c1-7-15-37-23-14-13-20(16-24(23)35-6)17-25-28(33)32-27(21-11-9-10-12-22(21)38-18(3)4)26(29(34)36-8-2)19(5)31-30(32)39-25/h7,9-14,16-18,27H,1,8,15H2,2-6H3/b25-17+/t27-/m0/s1. The second kappa shape index (κ2) is 12.2. The Morgan fingerprint density at radius 3 is 2.64 bits per heavy atom. The Bertz CT molecular complexity index is 1600. The molecule has 0 N–H and O–H groups in total. The van der Waals surface area contributed by atoms with E-state index in [1.807, 2.05) is 44.2 Å². The van der Waals surface area contributed by atoms with E-state index in [-0.39, 0.29) is 18.3 Å². The van der Waals surface area contributed by atoms with Gasteiger partial charge in [-0.2, -0.15) is 0 Å². The van der Waals surface area contributed by atoms with Gasteiger partial charge in [0.2, 0.25) is 0 Å². The lowest BCUT2D eigenvalue weighted by Gasteiger charge is -2.26. The average Bonchev–Trinajstić information content (AvgIpc) is 3.21. The van der Waals surface area contributed by atoms with Crippen LogP contribution in [-0.4, -0.2) is 37.0 Å². The van der Waals surface area contributed by atoms with Crippen molar-refractivity contribution in [1.82, 2.24) is 4.57 Å². The van der Waals surface area contributed by atoms with Crippen LogP contribution in [0.3, 0.4) is 0 Å². The Morgan fingerprint density at radius 1 is 1.18 bits per heavy atom. The minimum atomic E-state index is -0.762. The van der Waals surface area contributed by atoms with Gasteiger partial charge in [-0.15, -0.1) is 0 Å². The van der Waals surface area contributed by atoms with Gasteiger partial charge in [0.25, 0.3) is 5.56 Å². The highest BCUT2D eigenvalue weighted by Crippen LogP contribution is 2.36. The fraction of sp³-hybridized carbons (Fsp3) is 0.300. The molecule has 4 rings (SSSR count). The first-order chi connectivity index (χ1) is 18.8. The SMILES string of the molecule is C=CCOc1ccc(/C=c2/sc3n(c2=O)[C@@H](c2ccccc2OC(C)C)C(C(=O)OCC)=C(C)N=3)cc1OC. The van der Waals surface area contributed by atoms with Gasteiger partial charge in [-0.05, 0) is 57.5 Å². The van der Waals surface area contributed by atoms with E-state index in [9.17, 15) is 9.59 Å².